The zero-order valence-corrected chi connectivity index (χ0v) is 25.8. The SMILES string of the molecule is CC(C)CCCCCCCCCCCCCCC(=O)[O-].OC[C@H]1O[C@H](O[C@H]2O[C@H](CO)[C@@H](O)[C@H](O)[C@H]2O)[C@H](O)[C@@H](O)[C@@H]1O. The molecular weight excluding hydrogens is 568 g/mol. The second-order valence-corrected chi connectivity index (χ2v) is 12.1. The summed E-state index contributed by atoms with van der Waals surface area (Å²) in [4.78, 5) is 10.2. The van der Waals surface area contributed by atoms with Gasteiger partial charge in [0.15, 0.2) is 12.6 Å². The summed E-state index contributed by atoms with van der Waals surface area (Å²) in [5, 5.41) is 86.7. The summed E-state index contributed by atoms with van der Waals surface area (Å²) in [5.41, 5.74) is 0. The van der Waals surface area contributed by atoms with E-state index >= 15 is 0 Å². The normalized spacial score (nSPS) is 32.8. The van der Waals surface area contributed by atoms with Gasteiger partial charge in [0.25, 0.3) is 0 Å². The number of carboxylic acid groups (broad SMARTS) is 1. The minimum atomic E-state index is -1.72. The number of rotatable bonds is 19. The van der Waals surface area contributed by atoms with Crippen molar-refractivity contribution in [1.29, 1.82) is 0 Å². The van der Waals surface area contributed by atoms with Crippen LogP contribution in [-0.4, -0.2) is 121 Å². The molecule has 256 valence electrons. The van der Waals surface area contributed by atoms with Crippen LogP contribution in [0.3, 0.4) is 0 Å². The number of carbonyl (C=O) groups is 1. The maximum atomic E-state index is 10.2. The third kappa shape index (κ3) is 15.2. The first-order chi connectivity index (χ1) is 20.4. The number of ether oxygens (including phenoxy) is 3. The Balaban J connectivity index is 0.000000436. The number of hydrogen-bond donors (Lipinski definition) is 8. The van der Waals surface area contributed by atoms with E-state index in [1.54, 1.807) is 0 Å². The van der Waals surface area contributed by atoms with Gasteiger partial charge in [-0.2, -0.15) is 0 Å². The van der Waals surface area contributed by atoms with Crippen LogP contribution in [0.2, 0.25) is 0 Å². The van der Waals surface area contributed by atoms with Gasteiger partial charge in [0.1, 0.15) is 48.8 Å². The molecule has 0 aromatic rings. The van der Waals surface area contributed by atoms with Gasteiger partial charge in [-0.15, -0.1) is 0 Å². The average Bonchev–Trinajstić information content (AvgIpc) is 2.97. The molecule has 10 atom stereocenters. The molecule has 0 saturated carbocycles. The van der Waals surface area contributed by atoms with Crippen molar-refractivity contribution in [1.82, 2.24) is 0 Å². The lowest BCUT2D eigenvalue weighted by Gasteiger charge is -2.44. The minimum absolute atomic E-state index is 0.233. The third-order valence-electron chi connectivity index (χ3n) is 7.88. The molecule has 2 rings (SSSR count). The molecule has 0 unspecified atom stereocenters. The Morgan fingerprint density at radius 3 is 1.28 bits per heavy atom. The Morgan fingerprint density at radius 2 is 0.953 bits per heavy atom. The van der Waals surface area contributed by atoms with Crippen LogP contribution in [0.5, 0.6) is 0 Å². The summed E-state index contributed by atoms with van der Waals surface area (Å²) in [6.07, 6.45) is 1.40. The largest absolute Gasteiger partial charge is 0.550 e. The summed E-state index contributed by atoms with van der Waals surface area (Å²) in [7, 11) is 0. The number of aliphatic carboxylic acids is 1. The van der Waals surface area contributed by atoms with Crippen molar-refractivity contribution in [2.45, 2.75) is 165 Å². The van der Waals surface area contributed by atoms with Crippen LogP contribution < -0.4 is 5.11 Å². The highest BCUT2D eigenvalue weighted by Gasteiger charge is 2.49. The molecule has 0 aliphatic carbocycles. The first-order valence-electron chi connectivity index (χ1n) is 15.9. The van der Waals surface area contributed by atoms with Crippen molar-refractivity contribution in [3.8, 4) is 0 Å². The van der Waals surface area contributed by atoms with E-state index in [1.165, 1.54) is 70.6 Å². The van der Waals surface area contributed by atoms with Crippen molar-refractivity contribution in [2.24, 2.45) is 5.92 Å². The third-order valence-corrected chi connectivity index (χ3v) is 7.88. The fraction of sp³-hybridized carbons (Fsp3) is 0.967. The Bertz CT molecular complexity index is 674. The highest BCUT2D eigenvalue weighted by Crippen LogP contribution is 2.28. The van der Waals surface area contributed by atoms with Crippen LogP contribution in [0.25, 0.3) is 0 Å². The fourth-order valence-electron chi connectivity index (χ4n) is 5.08. The molecule has 0 bridgehead atoms. The van der Waals surface area contributed by atoms with E-state index in [0.29, 0.717) is 0 Å². The summed E-state index contributed by atoms with van der Waals surface area (Å²) < 4.78 is 15.3. The lowest BCUT2D eigenvalue weighted by atomic mass is 9.98. The van der Waals surface area contributed by atoms with Crippen LogP contribution in [0.4, 0.5) is 0 Å². The van der Waals surface area contributed by atoms with Crippen LogP contribution in [-0.2, 0) is 19.0 Å². The summed E-state index contributed by atoms with van der Waals surface area (Å²) in [6.45, 7) is 3.27. The smallest absolute Gasteiger partial charge is 0.189 e. The second kappa shape index (κ2) is 22.5. The van der Waals surface area contributed by atoms with Gasteiger partial charge >= 0.3 is 0 Å². The van der Waals surface area contributed by atoms with E-state index in [9.17, 15) is 40.5 Å². The van der Waals surface area contributed by atoms with Gasteiger partial charge in [0.05, 0.1) is 13.2 Å². The molecule has 13 nitrogen and oxygen atoms in total. The topological polar surface area (TPSA) is 230 Å². The molecule has 0 radical (unpaired) electrons. The molecule has 0 spiro atoms. The van der Waals surface area contributed by atoms with Crippen LogP contribution in [0, 0.1) is 5.92 Å². The van der Waals surface area contributed by atoms with E-state index in [4.69, 9.17) is 24.4 Å². The maximum Gasteiger partial charge on any atom is 0.189 e. The van der Waals surface area contributed by atoms with Crippen molar-refractivity contribution in [3.05, 3.63) is 0 Å². The first-order valence-corrected chi connectivity index (χ1v) is 15.9. The van der Waals surface area contributed by atoms with Crippen LogP contribution in [0.15, 0.2) is 0 Å². The number of unbranched alkanes of at least 4 members (excludes halogenated alkanes) is 11. The number of carboxylic acids is 1. The quantitative estimate of drug-likeness (QED) is 0.0844. The van der Waals surface area contributed by atoms with Crippen LogP contribution in [0.1, 0.15) is 104 Å². The zero-order valence-electron chi connectivity index (χ0n) is 25.8. The number of aliphatic hydroxyl groups excluding tert-OH is 8. The van der Waals surface area contributed by atoms with Gasteiger partial charge in [-0.3, -0.25) is 0 Å². The Morgan fingerprint density at radius 1 is 0.605 bits per heavy atom. The van der Waals surface area contributed by atoms with Gasteiger partial charge in [0.2, 0.25) is 0 Å². The molecule has 8 N–H and O–H groups in total. The molecule has 0 aromatic carbocycles. The maximum absolute atomic E-state index is 10.2. The Kier molecular flexibility index (Phi) is 21.0. The Hall–Kier alpha value is -0.970. The zero-order chi connectivity index (χ0) is 32.4. The predicted molar refractivity (Wildman–Crippen MR) is 153 cm³/mol. The molecular formula is C30H57O13-. The molecule has 2 fully saturated rings. The fourth-order valence-corrected chi connectivity index (χ4v) is 5.08. The minimum Gasteiger partial charge on any atom is -0.550 e. The van der Waals surface area contributed by atoms with Gasteiger partial charge < -0.3 is 65.0 Å². The van der Waals surface area contributed by atoms with Crippen molar-refractivity contribution >= 4 is 5.97 Å². The number of hydrogen-bond acceptors (Lipinski definition) is 13. The number of aliphatic hydroxyl groups is 8. The van der Waals surface area contributed by atoms with Crippen molar-refractivity contribution in [3.63, 3.8) is 0 Å². The summed E-state index contributed by atoms with van der Waals surface area (Å²) >= 11 is 0. The van der Waals surface area contributed by atoms with E-state index in [1.807, 2.05) is 0 Å². The molecule has 0 amide bonds. The van der Waals surface area contributed by atoms with Crippen molar-refractivity contribution < 1.29 is 65.0 Å². The lowest BCUT2D eigenvalue weighted by Crippen LogP contribution is -2.63. The Labute approximate surface area is 255 Å². The van der Waals surface area contributed by atoms with Gasteiger partial charge in [-0.05, 0) is 18.8 Å². The van der Waals surface area contributed by atoms with E-state index < -0.39 is 80.6 Å². The summed E-state index contributed by atoms with van der Waals surface area (Å²) in [5.74, 6) is -0.0415. The predicted octanol–water partition coefficient (Wildman–Crippen LogP) is -0.543. The molecule has 13 heteroatoms. The first kappa shape index (κ1) is 40.1. The highest BCUT2D eigenvalue weighted by atomic mass is 16.8. The second-order valence-electron chi connectivity index (χ2n) is 12.1. The standard InChI is InChI=1S/C18H36O2.C12H22O11/c1-17(2)15-13-11-9-7-5-3-4-6-8-10-12-14-16-18(19)20;13-1-3-5(15)7(17)9(19)11(21-3)23-12-10(20)8(18)6(16)4(2-14)22-12/h17H,3-16H2,1-2H3,(H,19,20);3-20H,1-2H2/p-1/t;3-,4-,5-,6-,7+,8+,9-,10-,11-,12-/m.1/s1. The van der Waals surface area contributed by atoms with Gasteiger partial charge in [0, 0.05) is 5.97 Å². The molecule has 2 saturated heterocycles. The average molecular weight is 626 g/mol. The van der Waals surface area contributed by atoms with Crippen molar-refractivity contribution in [2.75, 3.05) is 13.2 Å². The van der Waals surface area contributed by atoms with Crippen LogP contribution >= 0.6 is 0 Å². The van der Waals surface area contributed by atoms with Gasteiger partial charge in [-0.1, -0.05) is 90.9 Å². The molecule has 0 aromatic heterocycles. The highest BCUT2D eigenvalue weighted by molar-refractivity contribution is 5.64. The molecule has 2 aliphatic rings. The van der Waals surface area contributed by atoms with E-state index in [-0.39, 0.29) is 6.42 Å². The van der Waals surface area contributed by atoms with E-state index in [2.05, 4.69) is 13.8 Å². The number of carbonyl (C=O) groups excluding carboxylic acids is 1. The van der Waals surface area contributed by atoms with Gasteiger partial charge in [-0.25, -0.2) is 0 Å². The molecule has 43 heavy (non-hydrogen) atoms. The lowest BCUT2D eigenvalue weighted by molar-refractivity contribution is -0.376. The molecule has 2 aliphatic heterocycles. The summed E-state index contributed by atoms with van der Waals surface area (Å²) in [6, 6.07) is 0. The monoisotopic (exact) mass is 625 g/mol. The molecule has 2 heterocycles. The van der Waals surface area contributed by atoms with E-state index in [0.717, 1.165) is 18.8 Å².